The van der Waals surface area contributed by atoms with Crippen molar-refractivity contribution in [2.24, 2.45) is 5.92 Å². The van der Waals surface area contributed by atoms with Gasteiger partial charge < -0.3 is 9.47 Å². The van der Waals surface area contributed by atoms with Crippen LogP contribution < -0.4 is 10.5 Å². The second kappa shape index (κ2) is 5.40. The molecule has 1 aromatic heterocycles. The molecule has 1 fully saturated rings. The first kappa shape index (κ1) is 13.8. The Morgan fingerprint density at radius 3 is 2.77 bits per heavy atom. The number of nitrogens with zero attached hydrogens (tertiary/aromatic N) is 1. The Bertz CT molecular complexity index is 732. The summed E-state index contributed by atoms with van der Waals surface area (Å²) in [5.41, 5.74) is 4.17. The maximum absolute atomic E-state index is 12.1. The summed E-state index contributed by atoms with van der Waals surface area (Å²) in [6.45, 7) is 6.48. The van der Waals surface area contributed by atoms with Gasteiger partial charge in [0.25, 0.3) is 5.56 Å². The summed E-state index contributed by atoms with van der Waals surface area (Å²) in [6.07, 6.45) is 1.25. The summed E-state index contributed by atoms with van der Waals surface area (Å²) in [6, 6.07) is 14.7. The quantitative estimate of drug-likeness (QED) is 0.890. The van der Waals surface area contributed by atoms with Crippen LogP contribution in [0.25, 0.3) is 0 Å². The minimum Gasteiger partial charge on any atom is -0.330 e. The number of hydrogen-bond donors (Lipinski definition) is 1. The number of pyridine rings is 1. The molecular formula is C19H23N2O+. The van der Waals surface area contributed by atoms with Gasteiger partial charge in [-0.2, -0.15) is 0 Å². The highest BCUT2D eigenvalue weighted by atomic mass is 16.1. The number of nitrogens with one attached hydrogen (secondary N) is 1. The van der Waals surface area contributed by atoms with E-state index in [1.54, 1.807) is 11.0 Å². The number of rotatable bonds is 2. The highest BCUT2D eigenvalue weighted by molar-refractivity contribution is 5.20. The topological polar surface area (TPSA) is 26.4 Å². The first-order valence-corrected chi connectivity index (χ1v) is 8.28. The van der Waals surface area contributed by atoms with Crippen LogP contribution in [0.2, 0.25) is 0 Å². The van der Waals surface area contributed by atoms with Crippen LogP contribution in [0.4, 0.5) is 0 Å². The van der Waals surface area contributed by atoms with Gasteiger partial charge in [-0.15, -0.1) is 0 Å². The van der Waals surface area contributed by atoms with Crippen molar-refractivity contribution in [1.29, 1.82) is 0 Å². The SMILES string of the molecule is Cc1ccc(C[NH+]2C[C@H]3C[C@@H](C2)c2cccc(=O)n2C3)cc1. The van der Waals surface area contributed by atoms with Crippen LogP contribution in [-0.4, -0.2) is 17.7 Å². The van der Waals surface area contributed by atoms with E-state index in [4.69, 9.17) is 0 Å². The minimum atomic E-state index is 0.175. The van der Waals surface area contributed by atoms with Gasteiger partial charge in [0.05, 0.1) is 13.1 Å². The van der Waals surface area contributed by atoms with Gasteiger partial charge in [-0.05, 0) is 19.4 Å². The Hall–Kier alpha value is -1.87. The average molecular weight is 295 g/mol. The molecule has 0 saturated carbocycles. The number of piperidine rings is 1. The van der Waals surface area contributed by atoms with E-state index in [2.05, 4.69) is 37.3 Å². The van der Waals surface area contributed by atoms with Crippen LogP contribution in [0.1, 0.15) is 29.2 Å². The van der Waals surface area contributed by atoms with Crippen LogP contribution in [0.5, 0.6) is 0 Å². The Kier molecular flexibility index (Phi) is 3.38. The number of benzene rings is 1. The number of likely N-dealkylation sites (tertiary alicyclic amines) is 1. The van der Waals surface area contributed by atoms with Crippen LogP contribution in [0.3, 0.4) is 0 Å². The summed E-state index contributed by atoms with van der Waals surface area (Å²) in [5.74, 6) is 1.19. The van der Waals surface area contributed by atoms with Crippen molar-refractivity contribution in [3.63, 3.8) is 0 Å². The fourth-order valence-electron chi connectivity index (χ4n) is 4.26. The number of fused-ring (bicyclic) bond motifs is 4. The van der Waals surface area contributed by atoms with E-state index in [9.17, 15) is 4.79 Å². The molecule has 0 spiro atoms. The number of aryl methyl sites for hydroxylation is 1. The molecule has 1 unspecified atom stereocenters. The van der Waals surface area contributed by atoms with Gasteiger partial charge in [0.1, 0.15) is 6.54 Å². The first-order valence-electron chi connectivity index (χ1n) is 8.28. The molecular weight excluding hydrogens is 272 g/mol. The number of aromatic nitrogens is 1. The van der Waals surface area contributed by atoms with Crippen molar-refractivity contribution in [2.45, 2.75) is 32.4 Å². The molecule has 0 amide bonds. The van der Waals surface area contributed by atoms with Gasteiger partial charge in [-0.3, -0.25) is 4.79 Å². The van der Waals surface area contributed by atoms with Gasteiger partial charge in [0, 0.05) is 35.7 Å². The molecule has 2 bridgehead atoms. The maximum atomic E-state index is 12.1. The molecule has 0 aliphatic carbocycles. The summed E-state index contributed by atoms with van der Waals surface area (Å²) in [7, 11) is 0. The Morgan fingerprint density at radius 2 is 1.95 bits per heavy atom. The fraction of sp³-hybridized carbons (Fsp3) is 0.421. The van der Waals surface area contributed by atoms with Crippen molar-refractivity contribution in [3.8, 4) is 0 Å². The molecule has 0 radical (unpaired) electrons. The molecule has 4 rings (SSSR count). The molecule has 2 aliphatic rings. The molecule has 1 aromatic carbocycles. The lowest BCUT2D eigenvalue weighted by molar-refractivity contribution is -0.924. The minimum absolute atomic E-state index is 0.175. The number of quaternary nitrogens is 1. The van der Waals surface area contributed by atoms with Crippen LogP contribution >= 0.6 is 0 Å². The third kappa shape index (κ3) is 2.50. The van der Waals surface area contributed by atoms with E-state index < -0.39 is 0 Å². The highest BCUT2D eigenvalue weighted by Crippen LogP contribution is 2.30. The van der Waals surface area contributed by atoms with E-state index in [0.29, 0.717) is 11.8 Å². The second-order valence-corrected chi connectivity index (χ2v) is 7.02. The van der Waals surface area contributed by atoms with Crippen LogP contribution in [0.15, 0.2) is 47.3 Å². The predicted molar refractivity (Wildman–Crippen MR) is 87.1 cm³/mol. The molecule has 1 saturated heterocycles. The van der Waals surface area contributed by atoms with E-state index >= 15 is 0 Å². The van der Waals surface area contributed by atoms with Crippen molar-refractivity contribution in [3.05, 3.63) is 69.6 Å². The lowest BCUT2D eigenvalue weighted by Crippen LogP contribution is -3.13. The van der Waals surface area contributed by atoms with E-state index in [-0.39, 0.29) is 5.56 Å². The largest absolute Gasteiger partial charge is 0.330 e. The normalized spacial score (nSPS) is 26.5. The molecule has 22 heavy (non-hydrogen) atoms. The van der Waals surface area contributed by atoms with Crippen molar-refractivity contribution < 1.29 is 4.90 Å². The summed E-state index contributed by atoms with van der Waals surface area (Å²) in [4.78, 5) is 13.7. The zero-order chi connectivity index (χ0) is 15.1. The predicted octanol–water partition coefficient (Wildman–Crippen LogP) is 1.36. The molecule has 114 valence electrons. The molecule has 3 nitrogen and oxygen atoms in total. The average Bonchev–Trinajstić information content (AvgIpc) is 2.51. The first-order chi connectivity index (χ1) is 10.7. The lowest BCUT2D eigenvalue weighted by atomic mass is 9.83. The molecule has 3 atom stereocenters. The van der Waals surface area contributed by atoms with Crippen molar-refractivity contribution in [1.82, 2.24) is 4.57 Å². The zero-order valence-electron chi connectivity index (χ0n) is 13.1. The van der Waals surface area contributed by atoms with Gasteiger partial charge in [-0.25, -0.2) is 0 Å². The number of hydrogen-bond acceptors (Lipinski definition) is 1. The van der Waals surface area contributed by atoms with Gasteiger partial charge in [-0.1, -0.05) is 35.9 Å². The Labute approximate surface area is 131 Å². The van der Waals surface area contributed by atoms with E-state index in [1.165, 1.54) is 29.8 Å². The molecule has 3 heteroatoms. The summed E-state index contributed by atoms with van der Waals surface area (Å²) < 4.78 is 2.02. The monoisotopic (exact) mass is 295 g/mol. The smallest absolute Gasteiger partial charge is 0.250 e. The van der Waals surface area contributed by atoms with Crippen LogP contribution in [0, 0.1) is 12.8 Å². The molecule has 2 aromatic rings. The van der Waals surface area contributed by atoms with E-state index in [1.807, 2.05) is 10.6 Å². The molecule has 2 aliphatic heterocycles. The third-order valence-electron chi connectivity index (χ3n) is 5.25. The lowest BCUT2D eigenvalue weighted by Gasteiger charge is -2.40. The maximum Gasteiger partial charge on any atom is 0.250 e. The van der Waals surface area contributed by atoms with Gasteiger partial charge in [0.15, 0.2) is 0 Å². The fourth-order valence-corrected chi connectivity index (χ4v) is 4.26. The van der Waals surface area contributed by atoms with Gasteiger partial charge in [0.2, 0.25) is 0 Å². The summed E-state index contributed by atoms with van der Waals surface area (Å²) >= 11 is 0. The van der Waals surface area contributed by atoms with Crippen LogP contribution in [-0.2, 0) is 13.1 Å². The second-order valence-electron chi connectivity index (χ2n) is 7.02. The van der Waals surface area contributed by atoms with Gasteiger partial charge >= 0.3 is 0 Å². The molecule has 3 heterocycles. The highest BCUT2D eigenvalue weighted by Gasteiger charge is 2.36. The molecule has 1 N–H and O–H groups in total. The summed E-state index contributed by atoms with van der Waals surface area (Å²) in [5, 5.41) is 0. The standard InChI is InChI=1S/C19H22N2O/c1-14-5-7-15(8-6-14)10-20-11-16-9-17(13-20)18-3-2-4-19(22)21(18)12-16/h2-8,16-17H,9-13H2,1H3/p+1/t16-,17+/m1/s1. The zero-order valence-corrected chi connectivity index (χ0v) is 13.1. The van der Waals surface area contributed by atoms with Crippen molar-refractivity contribution in [2.75, 3.05) is 13.1 Å². The van der Waals surface area contributed by atoms with Crippen molar-refractivity contribution >= 4 is 0 Å². The Balaban J connectivity index is 1.56. The van der Waals surface area contributed by atoms with E-state index in [0.717, 1.165) is 19.6 Å². The Morgan fingerprint density at radius 1 is 1.14 bits per heavy atom. The third-order valence-corrected chi connectivity index (χ3v) is 5.25.